The summed E-state index contributed by atoms with van der Waals surface area (Å²) >= 11 is 3.39. The highest BCUT2D eigenvalue weighted by Gasteiger charge is 2.50. The van der Waals surface area contributed by atoms with Crippen LogP contribution in [0.4, 0.5) is 5.69 Å². The van der Waals surface area contributed by atoms with Gasteiger partial charge in [-0.3, -0.25) is 4.79 Å². The number of nitrogens with one attached hydrogen (secondary N) is 2. The maximum Gasteiger partial charge on any atom is 0.271 e. The number of pyridine rings is 1. The number of anilines is 1. The van der Waals surface area contributed by atoms with Crippen LogP contribution in [0.25, 0.3) is 0 Å². The van der Waals surface area contributed by atoms with E-state index in [1.165, 1.54) is 25.9 Å². The number of hydrogen-bond acceptors (Lipinski definition) is 5. The smallest absolute Gasteiger partial charge is 0.271 e. The molecule has 1 unspecified atom stereocenters. The summed E-state index contributed by atoms with van der Waals surface area (Å²) in [6.45, 7) is 7.15. The highest BCUT2D eigenvalue weighted by molar-refractivity contribution is 9.10. The van der Waals surface area contributed by atoms with Crippen LogP contribution >= 0.6 is 15.9 Å². The third-order valence-corrected chi connectivity index (χ3v) is 5.22. The molecule has 1 aromatic rings. The molecule has 0 saturated carbocycles. The highest BCUT2D eigenvalue weighted by Crippen LogP contribution is 2.34. The van der Waals surface area contributed by atoms with Gasteiger partial charge in [0.25, 0.3) is 5.56 Å². The first-order chi connectivity index (χ1) is 11.1. The SMILES string of the molecule is C1CCNC1.CC1N(c2cc(Br)c[nH]c2=O)CCOC12COC2. The van der Waals surface area contributed by atoms with Crippen molar-refractivity contribution in [3.8, 4) is 0 Å². The molecule has 1 atom stereocenters. The molecule has 7 heteroatoms. The van der Waals surface area contributed by atoms with Gasteiger partial charge in [-0.2, -0.15) is 0 Å². The fourth-order valence-electron chi connectivity index (χ4n) is 3.19. The lowest BCUT2D eigenvalue weighted by atomic mass is 9.90. The van der Waals surface area contributed by atoms with E-state index < -0.39 is 0 Å². The van der Waals surface area contributed by atoms with E-state index in [4.69, 9.17) is 9.47 Å². The van der Waals surface area contributed by atoms with Crippen LogP contribution < -0.4 is 15.8 Å². The molecular weight excluding hydrogens is 362 g/mol. The van der Waals surface area contributed by atoms with Crippen molar-refractivity contribution in [1.29, 1.82) is 0 Å². The summed E-state index contributed by atoms with van der Waals surface area (Å²) in [6.07, 6.45) is 4.43. The first kappa shape index (κ1) is 17.0. The number of morpholine rings is 1. The number of halogens is 1. The number of aromatic amines is 1. The molecule has 3 aliphatic heterocycles. The van der Waals surface area contributed by atoms with Gasteiger partial charge in [0.15, 0.2) is 0 Å². The summed E-state index contributed by atoms with van der Waals surface area (Å²) in [5.41, 5.74) is 0.376. The number of ether oxygens (including phenoxy) is 2. The Morgan fingerprint density at radius 1 is 1.35 bits per heavy atom. The molecule has 0 radical (unpaired) electrons. The van der Waals surface area contributed by atoms with E-state index in [0.29, 0.717) is 25.5 Å². The molecular formula is C16H24BrN3O3. The van der Waals surface area contributed by atoms with Crippen LogP contribution in [0.2, 0.25) is 0 Å². The molecule has 2 N–H and O–H groups in total. The largest absolute Gasteiger partial charge is 0.375 e. The van der Waals surface area contributed by atoms with Crippen molar-refractivity contribution in [1.82, 2.24) is 10.3 Å². The lowest BCUT2D eigenvalue weighted by Gasteiger charge is -2.53. The Bertz CT molecular complexity index is 577. The Labute approximate surface area is 144 Å². The van der Waals surface area contributed by atoms with Gasteiger partial charge in [-0.15, -0.1) is 0 Å². The van der Waals surface area contributed by atoms with Gasteiger partial charge in [0.1, 0.15) is 11.3 Å². The fourth-order valence-corrected chi connectivity index (χ4v) is 3.52. The summed E-state index contributed by atoms with van der Waals surface area (Å²) < 4.78 is 12.0. The first-order valence-electron chi connectivity index (χ1n) is 8.20. The molecule has 0 bridgehead atoms. The summed E-state index contributed by atoms with van der Waals surface area (Å²) in [5, 5.41) is 3.22. The zero-order valence-corrected chi connectivity index (χ0v) is 15.0. The number of aromatic nitrogens is 1. The van der Waals surface area contributed by atoms with Crippen LogP contribution in [0.1, 0.15) is 19.8 Å². The van der Waals surface area contributed by atoms with Crippen molar-refractivity contribution in [3.63, 3.8) is 0 Å². The molecule has 6 nitrogen and oxygen atoms in total. The summed E-state index contributed by atoms with van der Waals surface area (Å²) in [7, 11) is 0. The number of H-pyrrole nitrogens is 1. The molecule has 0 amide bonds. The van der Waals surface area contributed by atoms with Gasteiger partial charge in [-0.1, -0.05) is 0 Å². The highest BCUT2D eigenvalue weighted by atomic mass is 79.9. The van der Waals surface area contributed by atoms with E-state index in [9.17, 15) is 4.79 Å². The standard InChI is InChI=1S/C12H15BrN2O3.C4H9N/c1-8-12(6-17-7-12)18-3-2-15(8)10-4-9(13)5-14-11(10)16;1-2-4-5-3-1/h4-5,8H,2-3,6-7H2,1H3,(H,14,16);5H,1-4H2. The minimum Gasteiger partial charge on any atom is -0.375 e. The van der Waals surface area contributed by atoms with Crippen molar-refractivity contribution in [2.24, 2.45) is 0 Å². The second kappa shape index (κ2) is 7.34. The van der Waals surface area contributed by atoms with Crippen LogP contribution in [-0.4, -0.2) is 56.1 Å². The summed E-state index contributed by atoms with van der Waals surface area (Å²) in [6, 6.07) is 1.99. The molecule has 1 spiro atoms. The van der Waals surface area contributed by atoms with E-state index in [1.54, 1.807) is 6.20 Å². The molecule has 23 heavy (non-hydrogen) atoms. The lowest BCUT2D eigenvalue weighted by Crippen LogP contribution is -2.68. The lowest BCUT2D eigenvalue weighted by molar-refractivity contribution is -0.228. The predicted octanol–water partition coefficient (Wildman–Crippen LogP) is 1.50. The van der Waals surface area contributed by atoms with Gasteiger partial charge in [-0.05, 0) is 54.9 Å². The monoisotopic (exact) mass is 385 g/mol. The van der Waals surface area contributed by atoms with E-state index >= 15 is 0 Å². The molecule has 3 saturated heterocycles. The fraction of sp³-hybridized carbons (Fsp3) is 0.688. The molecule has 128 valence electrons. The van der Waals surface area contributed by atoms with Gasteiger partial charge in [0.05, 0.1) is 25.9 Å². The molecule has 4 heterocycles. The van der Waals surface area contributed by atoms with E-state index in [1.807, 2.05) is 6.07 Å². The number of rotatable bonds is 1. The van der Waals surface area contributed by atoms with Gasteiger partial charge in [0, 0.05) is 17.2 Å². The Hall–Kier alpha value is -0.890. The maximum absolute atomic E-state index is 11.9. The molecule has 3 fully saturated rings. The van der Waals surface area contributed by atoms with Gasteiger partial charge >= 0.3 is 0 Å². The Kier molecular flexibility index (Phi) is 5.41. The van der Waals surface area contributed by atoms with Gasteiger partial charge in [0.2, 0.25) is 0 Å². The second-order valence-corrected chi connectivity index (χ2v) is 7.18. The van der Waals surface area contributed by atoms with Gasteiger partial charge < -0.3 is 24.7 Å². The van der Waals surface area contributed by atoms with Crippen molar-refractivity contribution < 1.29 is 9.47 Å². The average Bonchev–Trinajstić information content (AvgIpc) is 3.08. The zero-order valence-electron chi connectivity index (χ0n) is 13.4. The summed E-state index contributed by atoms with van der Waals surface area (Å²) in [5.74, 6) is 0. The molecule has 0 aromatic carbocycles. The van der Waals surface area contributed by atoms with Crippen molar-refractivity contribution in [3.05, 3.63) is 27.1 Å². The maximum atomic E-state index is 11.9. The molecule has 3 aliphatic rings. The third-order valence-electron chi connectivity index (χ3n) is 4.76. The minimum atomic E-state index is -0.243. The van der Waals surface area contributed by atoms with E-state index in [-0.39, 0.29) is 17.2 Å². The number of hydrogen-bond donors (Lipinski definition) is 2. The Balaban J connectivity index is 0.000000267. The molecule has 4 rings (SSSR count). The van der Waals surface area contributed by atoms with E-state index in [2.05, 4.69) is 38.1 Å². The van der Waals surface area contributed by atoms with Crippen LogP contribution in [0.5, 0.6) is 0 Å². The zero-order chi connectivity index (χ0) is 16.3. The topological polar surface area (TPSA) is 66.6 Å². The first-order valence-corrected chi connectivity index (χ1v) is 8.99. The van der Waals surface area contributed by atoms with Crippen LogP contribution in [0.15, 0.2) is 21.5 Å². The molecule has 0 aliphatic carbocycles. The minimum absolute atomic E-state index is 0.0673. The average molecular weight is 386 g/mol. The van der Waals surface area contributed by atoms with Crippen LogP contribution in [0, 0.1) is 0 Å². The Morgan fingerprint density at radius 2 is 2.09 bits per heavy atom. The summed E-state index contributed by atoms with van der Waals surface area (Å²) in [4.78, 5) is 16.8. The number of nitrogens with zero attached hydrogens (tertiary/aromatic N) is 1. The van der Waals surface area contributed by atoms with Gasteiger partial charge in [-0.25, -0.2) is 0 Å². The predicted molar refractivity (Wildman–Crippen MR) is 93.2 cm³/mol. The van der Waals surface area contributed by atoms with Crippen LogP contribution in [0.3, 0.4) is 0 Å². The van der Waals surface area contributed by atoms with Crippen molar-refractivity contribution >= 4 is 21.6 Å². The third kappa shape index (κ3) is 3.63. The van der Waals surface area contributed by atoms with Crippen LogP contribution in [-0.2, 0) is 9.47 Å². The Morgan fingerprint density at radius 3 is 2.65 bits per heavy atom. The molecule has 1 aromatic heterocycles. The second-order valence-electron chi connectivity index (χ2n) is 6.26. The van der Waals surface area contributed by atoms with Crippen molar-refractivity contribution in [2.75, 3.05) is 44.4 Å². The normalized spacial score (nSPS) is 25.7. The van der Waals surface area contributed by atoms with E-state index in [0.717, 1.165) is 11.0 Å². The van der Waals surface area contributed by atoms with Crippen molar-refractivity contribution in [2.45, 2.75) is 31.4 Å². The quantitative estimate of drug-likeness (QED) is 0.766.